The van der Waals surface area contributed by atoms with Crippen molar-refractivity contribution in [1.29, 1.82) is 0 Å². The van der Waals surface area contributed by atoms with Gasteiger partial charge in [-0.2, -0.15) is 0 Å². The smallest absolute Gasteiger partial charge is 0.283 e. The number of para-hydroxylation sites is 1. The Hall–Kier alpha value is -2.53. The van der Waals surface area contributed by atoms with E-state index in [4.69, 9.17) is 0 Å². The Morgan fingerprint density at radius 1 is 0.952 bits per heavy atom. The number of fused-ring (bicyclic) bond motifs is 1. The van der Waals surface area contributed by atoms with Crippen LogP contribution < -0.4 is 0 Å². The van der Waals surface area contributed by atoms with Gasteiger partial charge in [0, 0.05) is 6.07 Å². The Morgan fingerprint density at radius 2 is 1.67 bits per heavy atom. The standard InChI is InChI=1S/C16H11NO3S/c18-14-10-9-11-5-1-2-6-12(11)16(14)21-15-8-4-3-7-13(15)17(19)20/h1-10,18H. The summed E-state index contributed by atoms with van der Waals surface area (Å²) < 4.78 is 0. The Kier molecular flexibility index (Phi) is 3.50. The van der Waals surface area contributed by atoms with Crippen LogP contribution in [-0.4, -0.2) is 10.0 Å². The van der Waals surface area contributed by atoms with Gasteiger partial charge in [0.05, 0.1) is 14.7 Å². The fraction of sp³-hybridized carbons (Fsp3) is 0. The van der Waals surface area contributed by atoms with Gasteiger partial charge in [-0.1, -0.05) is 54.2 Å². The van der Waals surface area contributed by atoms with Crippen molar-refractivity contribution < 1.29 is 10.0 Å². The minimum atomic E-state index is -0.412. The number of nitrogens with zero attached hydrogens (tertiary/aromatic N) is 1. The molecular weight excluding hydrogens is 286 g/mol. The SMILES string of the molecule is O=[N+]([O-])c1ccccc1Sc1c(O)ccc2ccccc12. The van der Waals surface area contributed by atoms with Crippen molar-refractivity contribution in [3.05, 3.63) is 70.8 Å². The van der Waals surface area contributed by atoms with Crippen LogP contribution in [-0.2, 0) is 0 Å². The predicted octanol–water partition coefficient (Wildman–Crippen LogP) is 4.60. The zero-order chi connectivity index (χ0) is 14.8. The maximum absolute atomic E-state index is 11.1. The predicted molar refractivity (Wildman–Crippen MR) is 82.8 cm³/mol. The molecule has 3 aromatic carbocycles. The number of phenolic OH excluding ortho intramolecular Hbond substituents is 1. The van der Waals surface area contributed by atoms with Gasteiger partial charge < -0.3 is 5.11 Å². The van der Waals surface area contributed by atoms with Crippen LogP contribution in [0.4, 0.5) is 5.69 Å². The van der Waals surface area contributed by atoms with E-state index in [1.807, 2.05) is 30.3 Å². The van der Waals surface area contributed by atoms with Gasteiger partial charge in [0.15, 0.2) is 0 Å². The van der Waals surface area contributed by atoms with Gasteiger partial charge in [-0.05, 0) is 22.9 Å². The second-order valence-electron chi connectivity index (χ2n) is 4.46. The number of rotatable bonds is 3. The van der Waals surface area contributed by atoms with Gasteiger partial charge in [-0.25, -0.2) is 0 Å². The van der Waals surface area contributed by atoms with Crippen LogP contribution in [0.25, 0.3) is 10.8 Å². The first-order valence-corrected chi connectivity index (χ1v) is 7.10. The van der Waals surface area contributed by atoms with Gasteiger partial charge in [0.2, 0.25) is 0 Å². The number of hydrogen-bond acceptors (Lipinski definition) is 4. The lowest BCUT2D eigenvalue weighted by atomic mass is 10.1. The minimum Gasteiger partial charge on any atom is -0.507 e. The lowest BCUT2D eigenvalue weighted by molar-refractivity contribution is -0.387. The third-order valence-electron chi connectivity index (χ3n) is 3.13. The van der Waals surface area contributed by atoms with Crippen LogP contribution in [0.3, 0.4) is 0 Å². The van der Waals surface area contributed by atoms with Crippen molar-refractivity contribution in [3.8, 4) is 5.75 Å². The van der Waals surface area contributed by atoms with Crippen LogP contribution in [0.15, 0.2) is 70.5 Å². The van der Waals surface area contributed by atoms with Gasteiger partial charge in [-0.3, -0.25) is 10.1 Å². The molecule has 0 amide bonds. The molecule has 3 aromatic rings. The molecule has 0 aliphatic rings. The Labute approximate surface area is 125 Å². The highest BCUT2D eigenvalue weighted by Crippen LogP contribution is 2.42. The molecule has 0 fully saturated rings. The number of benzene rings is 3. The molecular formula is C16H11NO3S. The lowest BCUT2D eigenvalue weighted by Crippen LogP contribution is -1.90. The number of hydrogen-bond donors (Lipinski definition) is 1. The molecule has 21 heavy (non-hydrogen) atoms. The van der Waals surface area contributed by atoms with E-state index < -0.39 is 4.92 Å². The first kappa shape index (κ1) is 13.5. The summed E-state index contributed by atoms with van der Waals surface area (Å²) in [5, 5.41) is 23.1. The first-order chi connectivity index (χ1) is 10.2. The maximum Gasteiger partial charge on any atom is 0.283 e. The van der Waals surface area contributed by atoms with Gasteiger partial charge in [-0.15, -0.1) is 0 Å². The van der Waals surface area contributed by atoms with Crippen LogP contribution in [0.1, 0.15) is 0 Å². The molecule has 4 nitrogen and oxygen atoms in total. The molecule has 0 radical (unpaired) electrons. The average molecular weight is 297 g/mol. The van der Waals surface area contributed by atoms with Crippen molar-refractivity contribution in [2.45, 2.75) is 9.79 Å². The number of phenols is 1. The monoisotopic (exact) mass is 297 g/mol. The molecule has 0 atom stereocenters. The van der Waals surface area contributed by atoms with Crippen molar-refractivity contribution in [3.63, 3.8) is 0 Å². The molecule has 3 rings (SSSR count). The summed E-state index contributed by atoms with van der Waals surface area (Å²) in [6.45, 7) is 0. The fourth-order valence-electron chi connectivity index (χ4n) is 2.14. The number of aromatic hydroxyl groups is 1. The van der Waals surface area contributed by atoms with E-state index in [-0.39, 0.29) is 11.4 Å². The van der Waals surface area contributed by atoms with E-state index in [0.717, 1.165) is 10.8 Å². The van der Waals surface area contributed by atoms with E-state index in [1.54, 1.807) is 24.3 Å². The highest BCUT2D eigenvalue weighted by atomic mass is 32.2. The van der Waals surface area contributed by atoms with Crippen LogP contribution in [0, 0.1) is 10.1 Å². The minimum absolute atomic E-state index is 0.0369. The van der Waals surface area contributed by atoms with E-state index in [1.165, 1.54) is 17.8 Å². The third-order valence-corrected chi connectivity index (χ3v) is 4.33. The Balaban J connectivity index is 2.15. The van der Waals surface area contributed by atoms with E-state index in [2.05, 4.69) is 0 Å². The summed E-state index contributed by atoms with van der Waals surface area (Å²) in [5.74, 6) is 0.122. The summed E-state index contributed by atoms with van der Waals surface area (Å²) in [5.41, 5.74) is 0.0369. The first-order valence-electron chi connectivity index (χ1n) is 6.29. The fourth-order valence-corrected chi connectivity index (χ4v) is 3.23. The normalized spacial score (nSPS) is 10.7. The molecule has 0 aliphatic carbocycles. The molecule has 0 saturated heterocycles. The number of nitro benzene ring substituents is 1. The van der Waals surface area contributed by atoms with Crippen molar-refractivity contribution in [2.75, 3.05) is 0 Å². The summed E-state index contributed by atoms with van der Waals surface area (Å²) in [6, 6.07) is 17.6. The molecule has 104 valence electrons. The van der Waals surface area contributed by atoms with Crippen LogP contribution >= 0.6 is 11.8 Å². The van der Waals surface area contributed by atoms with Gasteiger partial charge in [0.25, 0.3) is 5.69 Å². The molecule has 0 saturated carbocycles. The molecule has 0 aromatic heterocycles. The molecule has 0 heterocycles. The van der Waals surface area contributed by atoms with E-state index in [9.17, 15) is 15.2 Å². The average Bonchev–Trinajstić information content (AvgIpc) is 2.50. The zero-order valence-electron chi connectivity index (χ0n) is 10.9. The Morgan fingerprint density at radius 3 is 2.48 bits per heavy atom. The van der Waals surface area contributed by atoms with Crippen molar-refractivity contribution >= 4 is 28.2 Å². The quantitative estimate of drug-likeness (QED) is 0.566. The molecule has 0 aliphatic heterocycles. The largest absolute Gasteiger partial charge is 0.507 e. The van der Waals surface area contributed by atoms with Crippen molar-refractivity contribution in [1.82, 2.24) is 0 Å². The van der Waals surface area contributed by atoms with Crippen molar-refractivity contribution in [2.24, 2.45) is 0 Å². The number of nitro groups is 1. The highest BCUT2D eigenvalue weighted by molar-refractivity contribution is 7.99. The zero-order valence-corrected chi connectivity index (χ0v) is 11.7. The van der Waals surface area contributed by atoms with Crippen LogP contribution in [0.2, 0.25) is 0 Å². The topological polar surface area (TPSA) is 63.4 Å². The maximum atomic E-state index is 11.1. The lowest BCUT2D eigenvalue weighted by Gasteiger charge is -2.09. The van der Waals surface area contributed by atoms with E-state index in [0.29, 0.717) is 9.79 Å². The molecule has 0 bridgehead atoms. The summed E-state index contributed by atoms with van der Waals surface area (Å²) in [4.78, 5) is 11.8. The summed E-state index contributed by atoms with van der Waals surface area (Å²) in [7, 11) is 0. The van der Waals surface area contributed by atoms with E-state index >= 15 is 0 Å². The van der Waals surface area contributed by atoms with Gasteiger partial charge in [0.1, 0.15) is 5.75 Å². The second-order valence-corrected chi connectivity index (χ2v) is 5.51. The molecule has 0 spiro atoms. The van der Waals surface area contributed by atoms with Crippen LogP contribution in [0.5, 0.6) is 5.75 Å². The summed E-state index contributed by atoms with van der Waals surface area (Å²) >= 11 is 1.21. The van der Waals surface area contributed by atoms with Gasteiger partial charge >= 0.3 is 0 Å². The summed E-state index contributed by atoms with van der Waals surface area (Å²) in [6.07, 6.45) is 0. The molecule has 0 unspecified atom stereocenters. The molecule has 5 heteroatoms. The second kappa shape index (κ2) is 5.46. The highest BCUT2D eigenvalue weighted by Gasteiger charge is 2.16. The third kappa shape index (κ3) is 2.55. The molecule has 1 N–H and O–H groups in total. The Bertz CT molecular complexity index is 833.